The number of sulfonamides is 1. The van der Waals surface area contributed by atoms with E-state index in [1.165, 1.54) is 22.9 Å². The molecule has 0 aliphatic heterocycles. The highest BCUT2D eigenvalue weighted by Gasteiger charge is 2.27. The summed E-state index contributed by atoms with van der Waals surface area (Å²) in [7, 11) is -10.5. The van der Waals surface area contributed by atoms with Crippen LogP contribution in [0.2, 0.25) is 0 Å². The molecule has 0 bridgehead atoms. The molecule has 3 rings (SSSR count). The fourth-order valence-electron chi connectivity index (χ4n) is 4.05. The Morgan fingerprint density at radius 2 is 1.55 bits per heavy atom. The van der Waals surface area contributed by atoms with Gasteiger partial charge in [-0.1, -0.05) is 20.3 Å². The lowest BCUT2D eigenvalue weighted by molar-refractivity contribution is 0.244. The van der Waals surface area contributed by atoms with Gasteiger partial charge in [0.2, 0.25) is 10.0 Å². The predicted octanol–water partition coefficient (Wildman–Crippen LogP) is 1.01. The molecule has 0 unspecified atom stereocenters. The molecule has 18 heteroatoms. The van der Waals surface area contributed by atoms with E-state index in [-0.39, 0.29) is 27.5 Å². The molecule has 0 saturated carbocycles. The normalized spacial score (nSPS) is 12.8. The lowest BCUT2D eigenvalue weighted by Gasteiger charge is -2.22. The van der Waals surface area contributed by atoms with E-state index in [2.05, 4.69) is 15.1 Å². The van der Waals surface area contributed by atoms with Crippen LogP contribution >= 0.6 is 0 Å². The van der Waals surface area contributed by atoms with Gasteiger partial charge in [-0.2, -0.15) is 26.2 Å². The Morgan fingerprint density at radius 3 is 2.10 bits per heavy atom. The number of nitrogens with one attached hydrogen (secondary N) is 1. The number of aromatic amines is 1. The van der Waals surface area contributed by atoms with Crippen molar-refractivity contribution in [1.29, 1.82) is 0 Å². The molecule has 0 aliphatic carbocycles. The number of hydrogen-bond donors (Lipinski definition) is 1. The predicted molar refractivity (Wildman–Crippen MR) is 155 cm³/mol. The van der Waals surface area contributed by atoms with Crippen LogP contribution in [0.3, 0.4) is 0 Å². The minimum Gasteiger partial charge on any atom is -0.493 e. The molecule has 42 heavy (non-hydrogen) atoms. The average Bonchev–Trinajstić information content (AvgIpc) is 3.20. The summed E-state index contributed by atoms with van der Waals surface area (Å²) in [5.41, 5.74) is 0.981. The van der Waals surface area contributed by atoms with Gasteiger partial charge in [0, 0.05) is 20.1 Å². The molecule has 1 N–H and O–H groups in total. The highest BCUT2D eigenvalue weighted by atomic mass is 32.2. The van der Waals surface area contributed by atoms with Gasteiger partial charge in [-0.3, -0.25) is 17.8 Å². The van der Waals surface area contributed by atoms with Crippen LogP contribution < -0.4 is 10.3 Å². The fraction of sp³-hybridized carbons (Fsp3) is 0.542. The van der Waals surface area contributed by atoms with Gasteiger partial charge in [-0.15, -0.1) is 0 Å². The maximum atomic E-state index is 13.7. The summed E-state index contributed by atoms with van der Waals surface area (Å²) in [6.45, 7) is 2.27. The molecule has 3 aromatic rings. The number of benzene rings is 1. The number of fused-ring (bicyclic) bond motifs is 1. The lowest BCUT2D eigenvalue weighted by atomic mass is 10.1. The number of hydrogen-bond acceptors (Lipinski definition) is 12. The molecule has 1 aromatic carbocycles. The number of aromatic nitrogens is 4. The Bertz CT molecular complexity index is 1760. The molecule has 0 spiro atoms. The summed E-state index contributed by atoms with van der Waals surface area (Å²) in [4.78, 5) is 20.2. The van der Waals surface area contributed by atoms with Crippen LogP contribution in [0.1, 0.15) is 32.4 Å². The number of aryl methyl sites for hydroxylation is 2. The Balaban J connectivity index is 2.13. The third-order valence-corrected chi connectivity index (χ3v) is 8.92. The van der Waals surface area contributed by atoms with Crippen molar-refractivity contribution in [3.8, 4) is 17.1 Å². The number of ether oxygens (including phenoxy) is 1. The van der Waals surface area contributed by atoms with Crippen LogP contribution in [0, 0.1) is 0 Å². The molecule has 234 valence electrons. The van der Waals surface area contributed by atoms with Gasteiger partial charge in [0.05, 0.1) is 48.5 Å². The van der Waals surface area contributed by atoms with E-state index in [9.17, 15) is 30.0 Å². The molecule has 0 saturated heterocycles. The molecule has 0 radical (unpaired) electrons. The van der Waals surface area contributed by atoms with Gasteiger partial charge in [0.25, 0.3) is 25.8 Å². The molecule has 0 amide bonds. The molecular formula is C24H35N5O10S3. The average molecular weight is 650 g/mol. The van der Waals surface area contributed by atoms with Crippen LogP contribution in [0.5, 0.6) is 5.75 Å². The SMILES string of the molecule is CCCOc1ccc(S(=O)(=O)N(CCOS(C)(=O)=O)CCOS(C)(=O)=O)cc1-c1nc2c(CCC)nn(C)c2c(=O)[nH]1. The number of rotatable bonds is 16. The minimum absolute atomic E-state index is 0.0633. The first kappa shape index (κ1) is 33.6. The van der Waals surface area contributed by atoms with Crippen LogP contribution in [0.4, 0.5) is 0 Å². The zero-order chi connectivity index (χ0) is 31.3. The second-order valence-electron chi connectivity index (χ2n) is 9.39. The van der Waals surface area contributed by atoms with E-state index in [1.807, 2.05) is 13.8 Å². The standard InChI is InChI=1S/C24H35N5O10S3/c1-6-8-19-21-22(28(3)27-19)24(30)26-23(25-21)18-16-17(9-10-20(18)37-13-7-2)42(35,36)29(11-14-38-40(4,31)32)12-15-39-41(5,33)34/h9-10,16H,6-8,11-15H2,1-5H3,(H,25,26,30). The summed E-state index contributed by atoms with van der Waals surface area (Å²) in [6.07, 6.45) is 3.62. The number of H-pyrrole nitrogens is 1. The van der Waals surface area contributed by atoms with Gasteiger partial charge in [0.15, 0.2) is 5.52 Å². The Morgan fingerprint density at radius 1 is 0.929 bits per heavy atom. The van der Waals surface area contributed by atoms with E-state index in [0.29, 0.717) is 30.7 Å². The van der Waals surface area contributed by atoms with Gasteiger partial charge >= 0.3 is 0 Å². The maximum absolute atomic E-state index is 13.7. The van der Waals surface area contributed by atoms with Gasteiger partial charge in [-0.25, -0.2) is 13.4 Å². The van der Waals surface area contributed by atoms with Crippen molar-refractivity contribution in [2.75, 3.05) is 45.4 Å². The quantitative estimate of drug-likeness (QED) is 0.217. The maximum Gasteiger partial charge on any atom is 0.277 e. The van der Waals surface area contributed by atoms with Crippen molar-refractivity contribution in [3.63, 3.8) is 0 Å². The number of nitrogens with zero attached hydrogens (tertiary/aromatic N) is 4. The van der Waals surface area contributed by atoms with Crippen LogP contribution in [0.15, 0.2) is 27.9 Å². The van der Waals surface area contributed by atoms with Crippen molar-refractivity contribution >= 4 is 41.3 Å². The van der Waals surface area contributed by atoms with Crippen molar-refractivity contribution < 1.29 is 38.4 Å². The summed E-state index contributed by atoms with van der Waals surface area (Å²) >= 11 is 0. The molecule has 15 nitrogen and oxygen atoms in total. The summed E-state index contributed by atoms with van der Waals surface area (Å²) in [5.74, 6) is 0.333. The van der Waals surface area contributed by atoms with Crippen molar-refractivity contribution in [2.45, 2.75) is 38.0 Å². The molecule has 2 heterocycles. The van der Waals surface area contributed by atoms with Crippen molar-refractivity contribution in [3.05, 3.63) is 34.2 Å². The highest BCUT2D eigenvalue weighted by Crippen LogP contribution is 2.32. The molecule has 0 atom stereocenters. The summed E-state index contributed by atoms with van der Waals surface area (Å²) in [6, 6.07) is 3.99. The van der Waals surface area contributed by atoms with Gasteiger partial charge in [0.1, 0.15) is 17.1 Å². The fourth-order valence-corrected chi connectivity index (χ4v) is 6.24. The first-order chi connectivity index (χ1) is 19.6. The van der Waals surface area contributed by atoms with Gasteiger partial charge < -0.3 is 9.72 Å². The summed E-state index contributed by atoms with van der Waals surface area (Å²) < 4.78 is 90.8. The topological polar surface area (TPSA) is 197 Å². The van der Waals surface area contributed by atoms with Crippen molar-refractivity contribution in [2.24, 2.45) is 7.05 Å². The van der Waals surface area contributed by atoms with E-state index in [0.717, 1.165) is 23.2 Å². The molecule has 0 aliphatic rings. The first-order valence-corrected chi connectivity index (χ1v) is 18.1. The Labute approximate surface area is 245 Å². The first-order valence-electron chi connectivity index (χ1n) is 13.0. The van der Waals surface area contributed by atoms with E-state index >= 15 is 0 Å². The third kappa shape index (κ3) is 8.57. The van der Waals surface area contributed by atoms with Crippen LogP contribution in [0.25, 0.3) is 22.4 Å². The highest BCUT2D eigenvalue weighted by molar-refractivity contribution is 7.89. The molecule has 0 fully saturated rings. The zero-order valence-electron chi connectivity index (χ0n) is 24.0. The second kappa shape index (κ2) is 13.6. The largest absolute Gasteiger partial charge is 0.493 e. The monoisotopic (exact) mass is 649 g/mol. The zero-order valence-corrected chi connectivity index (χ0v) is 26.4. The third-order valence-electron chi connectivity index (χ3n) is 5.83. The molecule has 2 aromatic heterocycles. The van der Waals surface area contributed by atoms with Crippen LogP contribution in [-0.4, -0.2) is 94.7 Å². The van der Waals surface area contributed by atoms with Gasteiger partial charge in [-0.05, 0) is 31.0 Å². The minimum atomic E-state index is -4.38. The lowest BCUT2D eigenvalue weighted by Crippen LogP contribution is -2.37. The van der Waals surface area contributed by atoms with Crippen molar-refractivity contribution in [1.82, 2.24) is 24.1 Å². The Hall–Kier alpha value is -2.90. The van der Waals surface area contributed by atoms with Crippen LogP contribution in [-0.2, 0) is 52.1 Å². The Kier molecular flexibility index (Phi) is 10.9. The molecular weight excluding hydrogens is 614 g/mol. The smallest absolute Gasteiger partial charge is 0.277 e. The second-order valence-corrected chi connectivity index (χ2v) is 14.6. The van der Waals surface area contributed by atoms with E-state index < -0.39 is 62.1 Å². The van der Waals surface area contributed by atoms with E-state index in [1.54, 1.807) is 7.05 Å². The summed E-state index contributed by atoms with van der Waals surface area (Å²) in [5, 5.41) is 4.41. The van der Waals surface area contributed by atoms with E-state index in [4.69, 9.17) is 13.1 Å².